The average molecular weight is 222 g/mol. The molecule has 0 saturated heterocycles. The molecule has 0 heterocycles. The molecular weight excluding hydrogens is 204 g/mol. The summed E-state index contributed by atoms with van der Waals surface area (Å²) in [4.78, 5) is 10.5. The molecule has 0 fully saturated rings. The van der Waals surface area contributed by atoms with Gasteiger partial charge in [0.05, 0.1) is 6.61 Å². The van der Waals surface area contributed by atoms with E-state index in [-0.39, 0.29) is 0 Å². The minimum atomic E-state index is -0.514. The number of nitrogens with two attached hydrogens (primary N) is 1. The van der Waals surface area contributed by atoms with Crippen molar-refractivity contribution in [3.05, 3.63) is 29.8 Å². The summed E-state index contributed by atoms with van der Waals surface area (Å²) >= 11 is 0. The lowest BCUT2D eigenvalue weighted by molar-refractivity contribution is 0.248. The zero-order valence-corrected chi connectivity index (χ0v) is 9.69. The van der Waals surface area contributed by atoms with Gasteiger partial charge in [-0.15, -0.1) is 0 Å². The Balaban J connectivity index is 2.44. The molecule has 1 aromatic carbocycles. The van der Waals surface area contributed by atoms with Crippen molar-refractivity contribution < 1.29 is 9.53 Å². The molecule has 0 bridgehead atoms. The lowest BCUT2D eigenvalue weighted by Crippen LogP contribution is -2.28. The Morgan fingerprint density at radius 2 is 2.00 bits per heavy atom. The van der Waals surface area contributed by atoms with Crippen molar-refractivity contribution in [2.24, 2.45) is 11.7 Å². The monoisotopic (exact) mass is 222 g/mol. The highest BCUT2D eigenvalue weighted by Gasteiger charge is 1.98. The van der Waals surface area contributed by atoms with E-state index in [1.54, 1.807) is 0 Å². The molecule has 0 aliphatic rings. The van der Waals surface area contributed by atoms with Crippen molar-refractivity contribution >= 4 is 6.03 Å². The van der Waals surface area contributed by atoms with E-state index in [9.17, 15) is 4.79 Å². The van der Waals surface area contributed by atoms with Gasteiger partial charge in [0.2, 0.25) is 0 Å². The molecule has 3 N–H and O–H groups in total. The maximum Gasteiger partial charge on any atom is 0.312 e. The van der Waals surface area contributed by atoms with Gasteiger partial charge in [0, 0.05) is 6.54 Å². The van der Waals surface area contributed by atoms with E-state index >= 15 is 0 Å². The first kappa shape index (κ1) is 12.4. The van der Waals surface area contributed by atoms with Crippen LogP contribution in [-0.2, 0) is 6.54 Å². The normalized spacial score (nSPS) is 10.2. The van der Waals surface area contributed by atoms with Crippen molar-refractivity contribution in [2.75, 3.05) is 6.61 Å². The number of primary amides is 1. The lowest BCUT2D eigenvalue weighted by Gasteiger charge is -2.09. The van der Waals surface area contributed by atoms with E-state index in [1.807, 2.05) is 24.3 Å². The first-order valence-electron chi connectivity index (χ1n) is 5.33. The molecule has 0 atom stereocenters. The first-order valence-corrected chi connectivity index (χ1v) is 5.33. The number of carbonyl (C=O) groups is 1. The van der Waals surface area contributed by atoms with Gasteiger partial charge in [-0.05, 0) is 23.6 Å². The SMILES string of the molecule is CC(C)COc1ccc(CNC(N)=O)cc1. The second kappa shape index (κ2) is 6.00. The largest absolute Gasteiger partial charge is 0.493 e. The van der Waals surface area contributed by atoms with Crippen LogP contribution in [0.3, 0.4) is 0 Å². The van der Waals surface area contributed by atoms with Gasteiger partial charge in [-0.25, -0.2) is 4.79 Å². The van der Waals surface area contributed by atoms with Gasteiger partial charge in [-0.2, -0.15) is 0 Å². The van der Waals surface area contributed by atoms with E-state index < -0.39 is 6.03 Å². The molecule has 0 spiro atoms. The Morgan fingerprint density at radius 1 is 1.38 bits per heavy atom. The van der Waals surface area contributed by atoms with Crippen LogP contribution in [0, 0.1) is 5.92 Å². The van der Waals surface area contributed by atoms with Crippen LogP contribution < -0.4 is 15.8 Å². The Morgan fingerprint density at radius 3 is 2.50 bits per heavy atom. The van der Waals surface area contributed by atoms with E-state index in [4.69, 9.17) is 10.5 Å². The Labute approximate surface area is 95.8 Å². The number of ether oxygens (including phenoxy) is 1. The molecule has 88 valence electrons. The Kier molecular flexibility index (Phi) is 4.64. The fourth-order valence-corrected chi connectivity index (χ4v) is 1.16. The van der Waals surface area contributed by atoms with Crippen LogP contribution in [-0.4, -0.2) is 12.6 Å². The number of urea groups is 1. The van der Waals surface area contributed by atoms with Gasteiger partial charge in [0.15, 0.2) is 0 Å². The molecule has 0 unspecified atom stereocenters. The van der Waals surface area contributed by atoms with Crippen molar-refractivity contribution in [1.29, 1.82) is 0 Å². The van der Waals surface area contributed by atoms with E-state index in [0.717, 1.165) is 11.3 Å². The zero-order valence-electron chi connectivity index (χ0n) is 9.69. The number of amides is 2. The van der Waals surface area contributed by atoms with Crippen LogP contribution in [0.1, 0.15) is 19.4 Å². The van der Waals surface area contributed by atoms with Crippen LogP contribution in [0.5, 0.6) is 5.75 Å². The highest BCUT2D eigenvalue weighted by atomic mass is 16.5. The lowest BCUT2D eigenvalue weighted by atomic mass is 10.2. The number of hydrogen-bond acceptors (Lipinski definition) is 2. The molecule has 0 aliphatic carbocycles. The summed E-state index contributed by atoms with van der Waals surface area (Å²) in [7, 11) is 0. The maximum atomic E-state index is 10.5. The summed E-state index contributed by atoms with van der Waals surface area (Å²) in [5, 5.41) is 2.53. The fourth-order valence-electron chi connectivity index (χ4n) is 1.16. The minimum absolute atomic E-state index is 0.444. The third-order valence-electron chi connectivity index (χ3n) is 1.97. The van der Waals surface area contributed by atoms with Gasteiger partial charge >= 0.3 is 6.03 Å². The van der Waals surface area contributed by atoms with Gasteiger partial charge in [-0.3, -0.25) is 0 Å². The van der Waals surface area contributed by atoms with E-state index in [1.165, 1.54) is 0 Å². The highest BCUT2D eigenvalue weighted by molar-refractivity contribution is 5.71. The number of nitrogens with one attached hydrogen (secondary N) is 1. The molecule has 16 heavy (non-hydrogen) atoms. The summed E-state index contributed by atoms with van der Waals surface area (Å²) in [6, 6.07) is 7.08. The van der Waals surface area contributed by atoms with Gasteiger partial charge in [0.1, 0.15) is 5.75 Å². The van der Waals surface area contributed by atoms with Gasteiger partial charge < -0.3 is 15.8 Å². The molecule has 4 heteroatoms. The molecular formula is C12H18N2O2. The standard InChI is InChI=1S/C12H18N2O2/c1-9(2)8-16-11-5-3-10(4-6-11)7-14-12(13)15/h3-6,9H,7-8H2,1-2H3,(H3,13,14,15). The molecule has 4 nitrogen and oxygen atoms in total. The van der Waals surface area contributed by atoms with E-state index in [2.05, 4.69) is 19.2 Å². The summed E-state index contributed by atoms with van der Waals surface area (Å²) in [5.41, 5.74) is 5.97. The topological polar surface area (TPSA) is 64.3 Å². The number of benzene rings is 1. The fraction of sp³-hybridized carbons (Fsp3) is 0.417. The third kappa shape index (κ3) is 4.68. The third-order valence-corrected chi connectivity index (χ3v) is 1.97. The summed E-state index contributed by atoms with van der Waals surface area (Å²) in [5.74, 6) is 1.35. The first-order chi connectivity index (χ1) is 7.58. The number of rotatable bonds is 5. The molecule has 0 aromatic heterocycles. The smallest absolute Gasteiger partial charge is 0.312 e. The van der Waals surface area contributed by atoms with Crippen molar-refractivity contribution in [3.8, 4) is 5.75 Å². The second-order valence-electron chi connectivity index (χ2n) is 4.07. The minimum Gasteiger partial charge on any atom is -0.493 e. The Bertz CT molecular complexity index is 333. The van der Waals surface area contributed by atoms with Crippen LogP contribution in [0.25, 0.3) is 0 Å². The van der Waals surface area contributed by atoms with Crippen molar-refractivity contribution in [1.82, 2.24) is 5.32 Å². The summed E-state index contributed by atoms with van der Waals surface area (Å²) in [6.45, 7) is 5.36. The molecule has 0 saturated carbocycles. The molecule has 1 aromatic rings. The number of hydrogen-bond donors (Lipinski definition) is 2. The van der Waals surface area contributed by atoms with E-state index in [0.29, 0.717) is 19.1 Å². The number of carbonyl (C=O) groups excluding carboxylic acids is 1. The van der Waals surface area contributed by atoms with Crippen molar-refractivity contribution in [3.63, 3.8) is 0 Å². The van der Waals surface area contributed by atoms with Crippen molar-refractivity contribution in [2.45, 2.75) is 20.4 Å². The Hall–Kier alpha value is -1.71. The van der Waals surface area contributed by atoms with Crippen LogP contribution in [0.4, 0.5) is 4.79 Å². The molecule has 0 aliphatic heterocycles. The maximum absolute atomic E-state index is 10.5. The molecule has 1 rings (SSSR count). The van der Waals surface area contributed by atoms with Crippen LogP contribution in [0.2, 0.25) is 0 Å². The molecule has 0 radical (unpaired) electrons. The molecule has 2 amide bonds. The predicted octanol–water partition coefficient (Wildman–Crippen LogP) is 1.89. The van der Waals surface area contributed by atoms with Gasteiger partial charge in [-0.1, -0.05) is 26.0 Å². The summed E-state index contributed by atoms with van der Waals surface area (Å²) in [6.07, 6.45) is 0. The quantitative estimate of drug-likeness (QED) is 0.799. The van der Waals surface area contributed by atoms with Gasteiger partial charge in [0.25, 0.3) is 0 Å². The predicted molar refractivity (Wildman–Crippen MR) is 63.2 cm³/mol. The summed E-state index contributed by atoms with van der Waals surface area (Å²) < 4.78 is 5.54. The van der Waals surface area contributed by atoms with Crippen LogP contribution >= 0.6 is 0 Å². The second-order valence-corrected chi connectivity index (χ2v) is 4.07. The highest BCUT2D eigenvalue weighted by Crippen LogP contribution is 2.13. The van der Waals surface area contributed by atoms with Crippen LogP contribution in [0.15, 0.2) is 24.3 Å². The zero-order chi connectivity index (χ0) is 12.0. The average Bonchev–Trinajstić information content (AvgIpc) is 2.25.